The fourth-order valence-electron chi connectivity index (χ4n) is 2.34. The van der Waals surface area contributed by atoms with Crippen LogP contribution in [0.5, 0.6) is 0 Å². The summed E-state index contributed by atoms with van der Waals surface area (Å²) in [5.74, 6) is 2.18. The van der Waals surface area contributed by atoms with Crippen LogP contribution in [0, 0.1) is 5.92 Å². The van der Waals surface area contributed by atoms with Gasteiger partial charge in [-0.2, -0.15) is 0 Å². The zero-order valence-corrected chi connectivity index (χ0v) is 8.89. The molecular weight excluding hydrogens is 174 g/mol. The van der Waals surface area contributed by atoms with Crippen molar-refractivity contribution in [3.8, 4) is 0 Å². The molecule has 2 aliphatic rings. The molecule has 0 aromatic heterocycles. The van der Waals surface area contributed by atoms with E-state index in [0.717, 1.165) is 19.0 Å². The fourth-order valence-corrected chi connectivity index (χ4v) is 2.34. The van der Waals surface area contributed by atoms with Crippen molar-refractivity contribution in [1.82, 2.24) is 10.6 Å². The molecule has 2 heterocycles. The molecule has 0 radical (unpaired) electrons. The lowest BCUT2D eigenvalue weighted by atomic mass is 9.95. The van der Waals surface area contributed by atoms with E-state index < -0.39 is 0 Å². The molecule has 0 aromatic carbocycles. The standard InChI is InChI=1S/C11H21N3/c1-2-10(5-7-12-6-1)3-4-11-13-8-9-14-11/h10,12H,1-9H2,(H,13,14). The number of nitrogens with one attached hydrogen (secondary N) is 2. The van der Waals surface area contributed by atoms with Crippen LogP contribution in [0.25, 0.3) is 0 Å². The second kappa shape index (κ2) is 5.35. The molecule has 0 amide bonds. The van der Waals surface area contributed by atoms with E-state index in [1.54, 1.807) is 0 Å². The summed E-state index contributed by atoms with van der Waals surface area (Å²) in [6.45, 7) is 4.48. The van der Waals surface area contributed by atoms with Crippen LogP contribution in [-0.2, 0) is 0 Å². The van der Waals surface area contributed by atoms with Gasteiger partial charge in [-0.1, -0.05) is 0 Å². The van der Waals surface area contributed by atoms with E-state index in [0.29, 0.717) is 0 Å². The predicted octanol–water partition coefficient (Wildman–Crippen LogP) is 1.16. The largest absolute Gasteiger partial charge is 0.372 e. The molecule has 0 saturated carbocycles. The number of aliphatic imine (C=N–C) groups is 1. The molecule has 3 heteroatoms. The zero-order valence-electron chi connectivity index (χ0n) is 8.89. The van der Waals surface area contributed by atoms with Gasteiger partial charge in [-0.25, -0.2) is 0 Å². The van der Waals surface area contributed by atoms with E-state index in [2.05, 4.69) is 15.6 Å². The molecule has 2 rings (SSSR count). The van der Waals surface area contributed by atoms with Crippen molar-refractivity contribution in [2.75, 3.05) is 26.2 Å². The van der Waals surface area contributed by atoms with Crippen molar-refractivity contribution in [3.63, 3.8) is 0 Å². The lowest BCUT2D eigenvalue weighted by Gasteiger charge is -2.13. The first-order chi connectivity index (χ1) is 6.95. The Morgan fingerprint density at radius 1 is 1.21 bits per heavy atom. The minimum absolute atomic E-state index is 0.926. The Hall–Kier alpha value is -0.570. The van der Waals surface area contributed by atoms with E-state index in [-0.39, 0.29) is 0 Å². The Kier molecular flexibility index (Phi) is 3.80. The maximum atomic E-state index is 4.43. The highest BCUT2D eigenvalue weighted by Gasteiger charge is 2.13. The fraction of sp³-hybridized carbons (Fsp3) is 0.909. The molecular formula is C11H21N3. The van der Waals surface area contributed by atoms with Crippen molar-refractivity contribution in [2.24, 2.45) is 10.9 Å². The molecule has 80 valence electrons. The SMILES string of the molecule is C1CNCCC(CCC2=NCCN2)C1. The van der Waals surface area contributed by atoms with Gasteiger partial charge >= 0.3 is 0 Å². The van der Waals surface area contributed by atoms with Crippen molar-refractivity contribution in [2.45, 2.75) is 32.1 Å². The van der Waals surface area contributed by atoms with Gasteiger partial charge < -0.3 is 10.6 Å². The van der Waals surface area contributed by atoms with Crippen LogP contribution in [0.15, 0.2) is 4.99 Å². The predicted molar refractivity (Wildman–Crippen MR) is 59.7 cm³/mol. The van der Waals surface area contributed by atoms with E-state index >= 15 is 0 Å². The van der Waals surface area contributed by atoms with Crippen LogP contribution in [0.1, 0.15) is 32.1 Å². The normalized spacial score (nSPS) is 28.0. The van der Waals surface area contributed by atoms with Crippen LogP contribution in [0.2, 0.25) is 0 Å². The third kappa shape index (κ3) is 2.98. The second-order valence-electron chi connectivity index (χ2n) is 4.34. The second-order valence-corrected chi connectivity index (χ2v) is 4.34. The molecule has 0 spiro atoms. The molecule has 0 aromatic rings. The van der Waals surface area contributed by atoms with E-state index in [1.807, 2.05) is 0 Å². The maximum Gasteiger partial charge on any atom is 0.0964 e. The lowest BCUT2D eigenvalue weighted by molar-refractivity contribution is 0.446. The Bertz CT molecular complexity index is 193. The minimum atomic E-state index is 0.926. The van der Waals surface area contributed by atoms with Gasteiger partial charge in [0.25, 0.3) is 0 Å². The van der Waals surface area contributed by atoms with Gasteiger partial charge in [0.05, 0.1) is 12.4 Å². The Morgan fingerprint density at radius 2 is 2.21 bits per heavy atom. The molecule has 1 saturated heterocycles. The van der Waals surface area contributed by atoms with Gasteiger partial charge in [0, 0.05) is 13.0 Å². The van der Waals surface area contributed by atoms with Crippen molar-refractivity contribution < 1.29 is 0 Å². The van der Waals surface area contributed by atoms with Gasteiger partial charge in [0.15, 0.2) is 0 Å². The highest BCUT2D eigenvalue weighted by atomic mass is 15.1. The topological polar surface area (TPSA) is 36.4 Å². The highest BCUT2D eigenvalue weighted by molar-refractivity contribution is 5.83. The number of hydrogen-bond acceptors (Lipinski definition) is 3. The molecule has 1 atom stereocenters. The summed E-state index contributed by atoms with van der Waals surface area (Å²) in [6, 6.07) is 0. The lowest BCUT2D eigenvalue weighted by Crippen LogP contribution is -2.19. The summed E-state index contributed by atoms with van der Waals surface area (Å²) in [7, 11) is 0. The Labute approximate surface area is 86.4 Å². The van der Waals surface area contributed by atoms with Crippen molar-refractivity contribution in [1.29, 1.82) is 0 Å². The summed E-state index contributed by atoms with van der Waals surface area (Å²) in [5.41, 5.74) is 0. The zero-order chi connectivity index (χ0) is 9.64. The molecule has 14 heavy (non-hydrogen) atoms. The number of hydrogen-bond donors (Lipinski definition) is 2. The molecule has 0 aliphatic carbocycles. The van der Waals surface area contributed by atoms with Crippen LogP contribution >= 0.6 is 0 Å². The van der Waals surface area contributed by atoms with Crippen LogP contribution in [0.4, 0.5) is 0 Å². The van der Waals surface area contributed by atoms with Crippen molar-refractivity contribution >= 4 is 5.84 Å². The third-order valence-electron chi connectivity index (χ3n) is 3.23. The summed E-state index contributed by atoms with van der Waals surface area (Å²) in [6.07, 6.45) is 6.61. The first-order valence-corrected chi connectivity index (χ1v) is 5.93. The van der Waals surface area contributed by atoms with Gasteiger partial charge in [-0.3, -0.25) is 4.99 Å². The minimum Gasteiger partial charge on any atom is -0.372 e. The van der Waals surface area contributed by atoms with Crippen LogP contribution in [0.3, 0.4) is 0 Å². The van der Waals surface area contributed by atoms with Crippen molar-refractivity contribution in [3.05, 3.63) is 0 Å². The van der Waals surface area contributed by atoms with E-state index in [9.17, 15) is 0 Å². The summed E-state index contributed by atoms with van der Waals surface area (Å²) < 4.78 is 0. The summed E-state index contributed by atoms with van der Waals surface area (Å²) >= 11 is 0. The first-order valence-electron chi connectivity index (χ1n) is 5.93. The van der Waals surface area contributed by atoms with E-state index in [1.165, 1.54) is 51.0 Å². The summed E-state index contributed by atoms with van der Waals surface area (Å²) in [5, 5.41) is 6.81. The average molecular weight is 195 g/mol. The molecule has 1 fully saturated rings. The molecule has 2 N–H and O–H groups in total. The molecule has 3 nitrogen and oxygen atoms in total. The van der Waals surface area contributed by atoms with Crippen LogP contribution < -0.4 is 10.6 Å². The van der Waals surface area contributed by atoms with E-state index in [4.69, 9.17) is 0 Å². The van der Waals surface area contributed by atoms with Gasteiger partial charge in [-0.05, 0) is 44.7 Å². The molecule has 2 aliphatic heterocycles. The monoisotopic (exact) mass is 195 g/mol. The average Bonchev–Trinajstić information content (AvgIpc) is 2.58. The van der Waals surface area contributed by atoms with Gasteiger partial charge in [0.2, 0.25) is 0 Å². The molecule has 1 unspecified atom stereocenters. The van der Waals surface area contributed by atoms with Gasteiger partial charge in [-0.15, -0.1) is 0 Å². The maximum absolute atomic E-state index is 4.43. The smallest absolute Gasteiger partial charge is 0.0964 e. The number of rotatable bonds is 3. The van der Waals surface area contributed by atoms with Crippen LogP contribution in [-0.4, -0.2) is 32.0 Å². The Balaban J connectivity index is 1.68. The van der Waals surface area contributed by atoms with Gasteiger partial charge in [0.1, 0.15) is 0 Å². The molecule has 0 bridgehead atoms. The highest BCUT2D eigenvalue weighted by Crippen LogP contribution is 2.19. The summed E-state index contributed by atoms with van der Waals surface area (Å²) in [4.78, 5) is 4.43. The first kappa shape index (κ1) is 9.97. The Morgan fingerprint density at radius 3 is 3.07 bits per heavy atom. The third-order valence-corrected chi connectivity index (χ3v) is 3.23. The number of nitrogens with zero attached hydrogens (tertiary/aromatic N) is 1. The quantitative estimate of drug-likeness (QED) is 0.709. The number of amidine groups is 1.